The largest absolute Gasteiger partial charge is 0.416 e. The van der Waals surface area contributed by atoms with Gasteiger partial charge in [-0.25, -0.2) is 4.98 Å². The molecule has 0 saturated carbocycles. The van der Waals surface area contributed by atoms with E-state index in [1.807, 2.05) is 18.2 Å². The highest BCUT2D eigenvalue weighted by atomic mass is 79.9. The number of benzene rings is 2. The van der Waals surface area contributed by atoms with Gasteiger partial charge < -0.3 is 5.32 Å². The van der Waals surface area contributed by atoms with Crippen molar-refractivity contribution in [1.82, 2.24) is 4.98 Å². The van der Waals surface area contributed by atoms with Crippen molar-refractivity contribution < 1.29 is 13.2 Å². The zero-order valence-corrected chi connectivity index (χ0v) is 12.8. The van der Waals surface area contributed by atoms with Crippen molar-refractivity contribution in [2.45, 2.75) is 6.18 Å². The van der Waals surface area contributed by atoms with Gasteiger partial charge in [-0.05, 0) is 36.4 Å². The Balaban J connectivity index is 1.91. The van der Waals surface area contributed by atoms with Gasteiger partial charge in [-0.2, -0.15) is 13.2 Å². The van der Waals surface area contributed by atoms with Gasteiger partial charge in [0.05, 0.1) is 15.8 Å². The molecule has 0 aliphatic carbocycles. The molecule has 0 saturated heterocycles. The van der Waals surface area contributed by atoms with Crippen LogP contribution < -0.4 is 5.32 Å². The number of alkyl halides is 3. The molecule has 2 nitrogen and oxygen atoms in total. The van der Waals surface area contributed by atoms with E-state index in [1.54, 1.807) is 6.07 Å². The van der Waals surface area contributed by atoms with Crippen molar-refractivity contribution in [2.24, 2.45) is 0 Å². The van der Waals surface area contributed by atoms with E-state index in [2.05, 4.69) is 26.2 Å². The smallest absolute Gasteiger partial charge is 0.332 e. The van der Waals surface area contributed by atoms with Crippen LogP contribution >= 0.6 is 27.3 Å². The van der Waals surface area contributed by atoms with Crippen molar-refractivity contribution in [3.63, 3.8) is 0 Å². The van der Waals surface area contributed by atoms with Crippen LogP contribution in [-0.4, -0.2) is 4.98 Å². The van der Waals surface area contributed by atoms with Gasteiger partial charge in [-0.3, -0.25) is 0 Å². The lowest BCUT2D eigenvalue weighted by Crippen LogP contribution is -2.05. The normalized spacial score (nSPS) is 11.8. The monoisotopic (exact) mass is 372 g/mol. The Morgan fingerprint density at radius 2 is 1.90 bits per heavy atom. The predicted octanol–water partition coefficient (Wildman–Crippen LogP) is 5.82. The third-order valence-electron chi connectivity index (χ3n) is 2.79. The minimum Gasteiger partial charge on any atom is -0.332 e. The number of hydrogen-bond acceptors (Lipinski definition) is 3. The molecule has 2 aromatic carbocycles. The number of thiazole rings is 1. The molecule has 0 spiro atoms. The molecular formula is C14H8BrF3N2S. The van der Waals surface area contributed by atoms with Crippen LogP contribution in [0.3, 0.4) is 0 Å². The average molecular weight is 373 g/mol. The summed E-state index contributed by atoms with van der Waals surface area (Å²) in [4.78, 5) is 4.36. The second-order valence-corrected chi connectivity index (χ2v) is 6.28. The second-order valence-electron chi connectivity index (χ2n) is 4.33. The Morgan fingerprint density at radius 3 is 2.67 bits per heavy atom. The number of nitrogens with zero attached hydrogens (tertiary/aromatic N) is 1. The molecular weight excluding hydrogens is 365 g/mol. The van der Waals surface area contributed by atoms with Crippen molar-refractivity contribution >= 4 is 48.3 Å². The maximum absolute atomic E-state index is 12.7. The van der Waals surface area contributed by atoms with Gasteiger partial charge in [-0.1, -0.05) is 33.3 Å². The van der Waals surface area contributed by atoms with E-state index in [4.69, 9.17) is 0 Å². The van der Waals surface area contributed by atoms with Crippen molar-refractivity contribution in [3.8, 4) is 0 Å². The van der Waals surface area contributed by atoms with E-state index in [9.17, 15) is 13.2 Å². The minimum atomic E-state index is -4.35. The zero-order chi connectivity index (χ0) is 15.0. The molecule has 3 rings (SSSR count). The van der Waals surface area contributed by atoms with Crippen LogP contribution in [0.15, 0.2) is 46.9 Å². The number of hydrogen-bond donors (Lipinski definition) is 1. The number of fused-ring (bicyclic) bond motifs is 1. The van der Waals surface area contributed by atoms with E-state index in [0.717, 1.165) is 26.8 Å². The first-order valence-electron chi connectivity index (χ1n) is 5.92. The summed E-state index contributed by atoms with van der Waals surface area (Å²) in [5.74, 6) is 0. The summed E-state index contributed by atoms with van der Waals surface area (Å²) in [5.41, 5.74) is 0.475. The SMILES string of the molecule is FC(F)(F)c1cccc(Nc2nc3cc(Br)ccc3s2)c1. The van der Waals surface area contributed by atoms with E-state index in [-0.39, 0.29) is 0 Å². The Labute approximate surface area is 130 Å². The third kappa shape index (κ3) is 3.19. The van der Waals surface area contributed by atoms with Gasteiger partial charge in [0.15, 0.2) is 5.13 Å². The predicted molar refractivity (Wildman–Crippen MR) is 82.0 cm³/mol. The number of aromatic nitrogens is 1. The highest BCUT2D eigenvalue weighted by Gasteiger charge is 2.30. The van der Waals surface area contributed by atoms with Gasteiger partial charge >= 0.3 is 6.18 Å². The standard InChI is InChI=1S/C14H8BrF3N2S/c15-9-4-5-12-11(7-9)20-13(21-12)19-10-3-1-2-8(6-10)14(16,17)18/h1-7H,(H,19,20). The Morgan fingerprint density at radius 1 is 1.10 bits per heavy atom. The summed E-state index contributed by atoms with van der Waals surface area (Å²) in [5, 5.41) is 3.48. The lowest BCUT2D eigenvalue weighted by Gasteiger charge is -2.08. The van der Waals surface area contributed by atoms with Gasteiger partial charge in [0.2, 0.25) is 0 Å². The van der Waals surface area contributed by atoms with Crippen LogP contribution in [0.25, 0.3) is 10.2 Å². The quantitative estimate of drug-likeness (QED) is 0.612. The second kappa shape index (κ2) is 5.31. The Hall–Kier alpha value is -1.60. The van der Waals surface area contributed by atoms with Crippen LogP contribution in [0.2, 0.25) is 0 Å². The summed E-state index contributed by atoms with van der Waals surface area (Å²) in [6, 6.07) is 10.7. The summed E-state index contributed by atoms with van der Waals surface area (Å²) in [6.07, 6.45) is -4.35. The molecule has 1 N–H and O–H groups in total. The summed E-state index contributed by atoms with van der Waals surface area (Å²) in [6.45, 7) is 0. The molecule has 0 fully saturated rings. The Kier molecular flexibility index (Phi) is 3.62. The highest BCUT2D eigenvalue weighted by molar-refractivity contribution is 9.10. The van der Waals surface area contributed by atoms with Crippen LogP contribution in [0, 0.1) is 0 Å². The summed E-state index contributed by atoms with van der Waals surface area (Å²) in [7, 11) is 0. The molecule has 0 aliphatic rings. The molecule has 0 atom stereocenters. The van der Waals surface area contributed by atoms with Crippen molar-refractivity contribution in [1.29, 1.82) is 0 Å². The van der Waals surface area contributed by atoms with E-state index < -0.39 is 11.7 Å². The zero-order valence-electron chi connectivity index (χ0n) is 10.4. The molecule has 7 heteroatoms. The van der Waals surface area contributed by atoms with Crippen LogP contribution in [0.4, 0.5) is 24.0 Å². The van der Waals surface area contributed by atoms with E-state index >= 15 is 0 Å². The topological polar surface area (TPSA) is 24.9 Å². The first-order valence-corrected chi connectivity index (χ1v) is 7.53. The lowest BCUT2D eigenvalue weighted by atomic mass is 10.2. The van der Waals surface area contributed by atoms with Gasteiger partial charge in [0, 0.05) is 10.2 Å². The first-order chi connectivity index (χ1) is 9.91. The van der Waals surface area contributed by atoms with Crippen molar-refractivity contribution in [3.05, 3.63) is 52.5 Å². The Bertz CT molecular complexity index is 798. The van der Waals surface area contributed by atoms with E-state index in [0.29, 0.717) is 10.8 Å². The summed E-state index contributed by atoms with van der Waals surface area (Å²) >= 11 is 4.75. The molecule has 3 aromatic rings. The number of halogens is 4. The molecule has 0 aliphatic heterocycles. The van der Waals surface area contributed by atoms with Gasteiger partial charge in [0.25, 0.3) is 0 Å². The fraction of sp³-hybridized carbons (Fsp3) is 0.0714. The molecule has 21 heavy (non-hydrogen) atoms. The molecule has 0 radical (unpaired) electrons. The highest BCUT2D eigenvalue weighted by Crippen LogP contribution is 2.33. The van der Waals surface area contributed by atoms with Crippen LogP contribution in [-0.2, 0) is 6.18 Å². The lowest BCUT2D eigenvalue weighted by molar-refractivity contribution is -0.137. The number of anilines is 2. The molecule has 0 bridgehead atoms. The molecule has 0 amide bonds. The third-order valence-corrected chi connectivity index (χ3v) is 4.24. The minimum absolute atomic E-state index is 0.364. The maximum atomic E-state index is 12.7. The van der Waals surface area contributed by atoms with Crippen molar-refractivity contribution in [2.75, 3.05) is 5.32 Å². The van der Waals surface area contributed by atoms with Gasteiger partial charge in [0.1, 0.15) is 0 Å². The van der Waals surface area contributed by atoms with E-state index in [1.165, 1.54) is 17.4 Å². The fourth-order valence-electron chi connectivity index (χ4n) is 1.85. The molecule has 108 valence electrons. The maximum Gasteiger partial charge on any atom is 0.416 e. The van der Waals surface area contributed by atoms with Crippen LogP contribution in [0.1, 0.15) is 5.56 Å². The molecule has 1 aromatic heterocycles. The van der Waals surface area contributed by atoms with Gasteiger partial charge in [-0.15, -0.1) is 0 Å². The summed E-state index contributed by atoms with van der Waals surface area (Å²) < 4.78 is 39.9. The molecule has 1 heterocycles. The molecule has 0 unspecified atom stereocenters. The number of rotatable bonds is 2. The average Bonchev–Trinajstić information content (AvgIpc) is 2.79. The first kappa shape index (κ1) is 14.3. The van der Waals surface area contributed by atoms with Crippen LogP contribution in [0.5, 0.6) is 0 Å². The fourth-order valence-corrected chi connectivity index (χ4v) is 3.07. The number of nitrogens with one attached hydrogen (secondary N) is 1.